The average molecular weight is 532 g/mol. The highest BCUT2D eigenvalue weighted by molar-refractivity contribution is 6.37. The Morgan fingerprint density at radius 2 is 1.64 bits per heavy atom. The van der Waals surface area contributed by atoms with Crippen molar-refractivity contribution in [3.8, 4) is 5.75 Å². The van der Waals surface area contributed by atoms with Gasteiger partial charge in [0.1, 0.15) is 30.5 Å². The van der Waals surface area contributed by atoms with Crippen molar-refractivity contribution in [3.63, 3.8) is 0 Å². The fourth-order valence-corrected chi connectivity index (χ4v) is 3.96. The van der Waals surface area contributed by atoms with Crippen LogP contribution in [0.3, 0.4) is 0 Å². The molecule has 0 aromatic heterocycles. The minimum absolute atomic E-state index is 0.0769. The highest BCUT2D eigenvalue weighted by Crippen LogP contribution is 2.35. The molecule has 3 aromatic rings. The van der Waals surface area contributed by atoms with Gasteiger partial charge >= 0.3 is 6.03 Å². The first kappa shape index (κ1) is 25.2. The van der Waals surface area contributed by atoms with Crippen LogP contribution in [-0.2, 0) is 16.2 Å². The molecule has 184 valence electrons. The molecule has 4 amide bonds. The number of rotatable bonds is 7. The van der Waals surface area contributed by atoms with Gasteiger partial charge in [0.15, 0.2) is 5.75 Å². The Hall–Kier alpha value is -3.95. The molecule has 2 N–H and O–H groups in total. The van der Waals surface area contributed by atoms with E-state index in [0.717, 1.165) is 6.07 Å². The summed E-state index contributed by atoms with van der Waals surface area (Å²) in [5.41, 5.74) is 0.483. The zero-order chi connectivity index (χ0) is 25.8. The monoisotopic (exact) mass is 531 g/mol. The van der Waals surface area contributed by atoms with Gasteiger partial charge in [-0.2, -0.15) is 0 Å². The van der Waals surface area contributed by atoms with Crippen molar-refractivity contribution in [2.45, 2.75) is 6.61 Å². The molecule has 1 saturated heterocycles. The lowest BCUT2D eigenvalue weighted by atomic mass is 10.1. The minimum atomic E-state index is -0.822. The summed E-state index contributed by atoms with van der Waals surface area (Å²) in [6.45, 7) is -0.730. The van der Waals surface area contributed by atoms with Gasteiger partial charge in [0, 0.05) is 5.56 Å². The highest BCUT2D eigenvalue weighted by Gasteiger charge is 2.35. The number of halogens is 4. The van der Waals surface area contributed by atoms with Gasteiger partial charge in [-0.3, -0.25) is 9.59 Å². The first-order valence-corrected chi connectivity index (χ1v) is 11.2. The van der Waals surface area contributed by atoms with Crippen LogP contribution in [0, 0.1) is 11.6 Å². The second-order valence-corrected chi connectivity index (χ2v) is 8.42. The van der Waals surface area contributed by atoms with Crippen LogP contribution in [0.15, 0.2) is 66.4 Å². The molecular formula is C25H17Cl2F2N3O4. The van der Waals surface area contributed by atoms with E-state index in [1.54, 1.807) is 18.2 Å². The highest BCUT2D eigenvalue weighted by atomic mass is 35.5. The molecule has 0 saturated carbocycles. The standard InChI is InChI=1S/C25H17Cl2F2N3O4/c26-16-9-14(10-17(27)23(16)36-13-15-5-1-2-6-18(15)28)11-21-24(34)32(25(35)31-21)12-22(33)30-20-8-4-3-7-19(20)29/h1-11H,12-13H2,(H,30,33)(H,31,35)/b21-11+. The normalized spacial score (nSPS) is 14.2. The van der Waals surface area contributed by atoms with E-state index in [-0.39, 0.29) is 33.8 Å². The molecule has 0 atom stereocenters. The Kier molecular flexibility index (Phi) is 7.52. The maximum absolute atomic E-state index is 13.8. The Morgan fingerprint density at radius 3 is 2.31 bits per heavy atom. The third kappa shape index (κ3) is 5.64. The fraction of sp³-hybridized carbons (Fsp3) is 0.0800. The van der Waals surface area contributed by atoms with E-state index in [1.807, 2.05) is 0 Å². The number of hydrogen-bond acceptors (Lipinski definition) is 4. The number of nitrogens with one attached hydrogen (secondary N) is 2. The van der Waals surface area contributed by atoms with Crippen LogP contribution in [0.5, 0.6) is 5.75 Å². The van der Waals surface area contributed by atoms with Crippen LogP contribution in [0.1, 0.15) is 11.1 Å². The molecule has 0 aliphatic carbocycles. The molecule has 7 nitrogen and oxygen atoms in total. The van der Waals surface area contributed by atoms with E-state index >= 15 is 0 Å². The fourth-order valence-electron chi connectivity index (χ4n) is 3.34. The van der Waals surface area contributed by atoms with Crippen LogP contribution >= 0.6 is 23.2 Å². The molecule has 3 aromatic carbocycles. The summed E-state index contributed by atoms with van der Waals surface area (Å²) >= 11 is 12.6. The molecule has 0 bridgehead atoms. The van der Waals surface area contributed by atoms with Gasteiger partial charge in [-0.05, 0) is 42.0 Å². The summed E-state index contributed by atoms with van der Waals surface area (Å²) in [5.74, 6) is -2.49. The zero-order valence-corrected chi connectivity index (χ0v) is 19.9. The molecule has 4 rings (SSSR count). The number of amides is 4. The van der Waals surface area contributed by atoms with Crippen molar-refractivity contribution in [3.05, 3.63) is 99.2 Å². The van der Waals surface area contributed by atoms with E-state index in [0.29, 0.717) is 16.0 Å². The summed E-state index contributed by atoms with van der Waals surface area (Å²) in [6, 6.07) is 13.7. The molecule has 1 heterocycles. The van der Waals surface area contributed by atoms with Gasteiger partial charge in [0.2, 0.25) is 5.91 Å². The van der Waals surface area contributed by atoms with Crippen molar-refractivity contribution in [1.29, 1.82) is 0 Å². The number of benzene rings is 3. The van der Waals surface area contributed by atoms with Crippen molar-refractivity contribution in [2.24, 2.45) is 0 Å². The first-order valence-electron chi connectivity index (χ1n) is 10.5. The topological polar surface area (TPSA) is 87.7 Å². The number of carbonyl (C=O) groups excluding carboxylic acids is 3. The quantitative estimate of drug-likeness (QED) is 0.316. The van der Waals surface area contributed by atoms with Crippen LogP contribution in [0.4, 0.5) is 19.3 Å². The van der Waals surface area contributed by atoms with Crippen LogP contribution in [0.2, 0.25) is 10.0 Å². The second-order valence-electron chi connectivity index (χ2n) is 7.60. The van der Waals surface area contributed by atoms with Crippen LogP contribution in [0.25, 0.3) is 6.08 Å². The number of ether oxygens (including phenoxy) is 1. The first-order chi connectivity index (χ1) is 17.2. The van der Waals surface area contributed by atoms with Crippen molar-refractivity contribution >= 4 is 52.8 Å². The lowest BCUT2D eigenvalue weighted by Gasteiger charge is -2.12. The molecule has 36 heavy (non-hydrogen) atoms. The van der Waals surface area contributed by atoms with Gasteiger partial charge < -0.3 is 15.4 Å². The number of anilines is 1. The number of imide groups is 1. The minimum Gasteiger partial charge on any atom is -0.486 e. The van der Waals surface area contributed by atoms with Gasteiger partial charge in [0.05, 0.1) is 15.7 Å². The predicted molar refractivity (Wildman–Crippen MR) is 130 cm³/mol. The molecule has 1 aliphatic rings. The average Bonchev–Trinajstić information content (AvgIpc) is 3.08. The lowest BCUT2D eigenvalue weighted by Crippen LogP contribution is -2.38. The van der Waals surface area contributed by atoms with Crippen molar-refractivity contribution in [1.82, 2.24) is 10.2 Å². The number of urea groups is 1. The zero-order valence-electron chi connectivity index (χ0n) is 18.4. The Morgan fingerprint density at radius 1 is 1.00 bits per heavy atom. The maximum atomic E-state index is 13.8. The largest absolute Gasteiger partial charge is 0.486 e. The molecule has 0 spiro atoms. The van der Waals surface area contributed by atoms with Gasteiger partial charge in [-0.15, -0.1) is 0 Å². The summed E-state index contributed by atoms with van der Waals surface area (Å²) in [6.07, 6.45) is 1.33. The van der Waals surface area contributed by atoms with Gasteiger partial charge in [-0.25, -0.2) is 18.5 Å². The number of carbonyl (C=O) groups is 3. The second kappa shape index (κ2) is 10.8. The van der Waals surface area contributed by atoms with E-state index in [9.17, 15) is 23.2 Å². The van der Waals surface area contributed by atoms with E-state index in [4.69, 9.17) is 27.9 Å². The summed E-state index contributed by atoms with van der Waals surface area (Å²) in [4.78, 5) is 37.9. The van der Waals surface area contributed by atoms with Crippen LogP contribution in [-0.4, -0.2) is 29.3 Å². The Bertz CT molecular complexity index is 1370. The van der Waals surface area contributed by atoms with Gasteiger partial charge in [-0.1, -0.05) is 53.5 Å². The smallest absolute Gasteiger partial charge is 0.329 e. The van der Waals surface area contributed by atoms with Crippen LogP contribution < -0.4 is 15.4 Å². The van der Waals surface area contributed by atoms with E-state index in [1.165, 1.54) is 42.5 Å². The molecule has 0 radical (unpaired) electrons. The SMILES string of the molecule is O=C(CN1C(=O)N/C(=C/c2cc(Cl)c(OCc3ccccc3F)c(Cl)c2)C1=O)Nc1ccccc1F. The predicted octanol–water partition coefficient (Wildman–Crippen LogP) is 5.38. The Balaban J connectivity index is 1.45. The summed E-state index contributed by atoms with van der Waals surface area (Å²) in [5, 5.41) is 4.89. The van der Waals surface area contributed by atoms with Crippen molar-refractivity contribution in [2.75, 3.05) is 11.9 Å². The Labute approximate surface area is 214 Å². The van der Waals surface area contributed by atoms with E-state index < -0.39 is 36.0 Å². The van der Waals surface area contributed by atoms with Gasteiger partial charge in [0.25, 0.3) is 5.91 Å². The number of nitrogens with zero attached hydrogens (tertiary/aromatic N) is 1. The molecule has 0 unspecified atom stereocenters. The molecule has 11 heteroatoms. The number of para-hydroxylation sites is 1. The molecule has 1 fully saturated rings. The third-order valence-electron chi connectivity index (χ3n) is 5.07. The van der Waals surface area contributed by atoms with E-state index in [2.05, 4.69) is 10.6 Å². The lowest BCUT2D eigenvalue weighted by molar-refractivity contribution is -0.127. The molecule has 1 aliphatic heterocycles. The number of hydrogen-bond donors (Lipinski definition) is 2. The maximum Gasteiger partial charge on any atom is 0.329 e. The summed E-state index contributed by atoms with van der Waals surface area (Å²) < 4.78 is 33.1. The van der Waals surface area contributed by atoms with Crippen molar-refractivity contribution < 1.29 is 27.9 Å². The molecular weight excluding hydrogens is 515 g/mol. The third-order valence-corrected chi connectivity index (χ3v) is 5.63. The summed E-state index contributed by atoms with van der Waals surface area (Å²) in [7, 11) is 0.